The fourth-order valence-electron chi connectivity index (χ4n) is 1.43. The van der Waals surface area contributed by atoms with E-state index in [2.05, 4.69) is 0 Å². The highest BCUT2D eigenvalue weighted by Gasteiger charge is 2.19. The molecule has 108 valence electrons. The summed E-state index contributed by atoms with van der Waals surface area (Å²) in [4.78, 5) is 23.6. The Labute approximate surface area is 116 Å². The van der Waals surface area contributed by atoms with Crippen molar-refractivity contribution < 1.29 is 23.8 Å². The number of aliphatic carboxylic acids is 1. The van der Waals surface area contributed by atoms with E-state index in [1.807, 2.05) is 0 Å². The van der Waals surface area contributed by atoms with E-state index in [-0.39, 0.29) is 5.75 Å². The Morgan fingerprint density at radius 1 is 1.45 bits per heavy atom. The zero-order chi connectivity index (χ0) is 15.3. The topological polar surface area (TPSA) is 66.8 Å². The number of carboxylic acids is 1. The van der Waals surface area contributed by atoms with Gasteiger partial charge in [0.05, 0.1) is 7.11 Å². The van der Waals surface area contributed by atoms with Gasteiger partial charge in [-0.2, -0.15) is 0 Å². The van der Waals surface area contributed by atoms with Crippen LogP contribution in [-0.4, -0.2) is 42.1 Å². The van der Waals surface area contributed by atoms with E-state index < -0.39 is 23.7 Å². The summed E-state index contributed by atoms with van der Waals surface area (Å²) < 4.78 is 18.2. The lowest BCUT2D eigenvalue weighted by Crippen LogP contribution is -2.39. The maximum atomic E-state index is 13.4. The van der Waals surface area contributed by atoms with E-state index in [4.69, 9.17) is 9.84 Å². The molecule has 0 saturated carbocycles. The lowest BCUT2D eigenvalue weighted by Gasteiger charge is -2.19. The van der Waals surface area contributed by atoms with Gasteiger partial charge in [-0.1, -0.05) is 6.07 Å². The van der Waals surface area contributed by atoms with Crippen molar-refractivity contribution in [1.29, 1.82) is 0 Å². The quantitative estimate of drug-likeness (QED) is 0.835. The van der Waals surface area contributed by atoms with Gasteiger partial charge < -0.3 is 14.7 Å². The van der Waals surface area contributed by atoms with Crippen LogP contribution in [0.4, 0.5) is 4.39 Å². The van der Waals surface area contributed by atoms with Crippen molar-refractivity contribution in [2.45, 2.75) is 13.0 Å². The number of ether oxygens (including phenoxy) is 1. The summed E-state index contributed by atoms with van der Waals surface area (Å²) in [6.07, 6.45) is 2.61. The Morgan fingerprint density at radius 3 is 2.60 bits per heavy atom. The van der Waals surface area contributed by atoms with Crippen molar-refractivity contribution in [3.63, 3.8) is 0 Å². The van der Waals surface area contributed by atoms with E-state index in [1.54, 1.807) is 6.07 Å². The van der Waals surface area contributed by atoms with Crippen molar-refractivity contribution in [2.24, 2.45) is 0 Å². The van der Waals surface area contributed by atoms with Gasteiger partial charge in [0.2, 0.25) is 5.91 Å². The molecule has 0 heterocycles. The first-order chi connectivity index (χ1) is 9.36. The predicted octanol–water partition coefficient (Wildman–Crippen LogP) is 1.78. The third-order valence-electron chi connectivity index (χ3n) is 2.88. The lowest BCUT2D eigenvalue weighted by atomic mass is 10.2. The first-order valence-corrected chi connectivity index (χ1v) is 5.88. The first-order valence-electron chi connectivity index (χ1n) is 5.88. The van der Waals surface area contributed by atoms with Crippen molar-refractivity contribution >= 4 is 18.0 Å². The van der Waals surface area contributed by atoms with E-state index >= 15 is 0 Å². The van der Waals surface area contributed by atoms with Gasteiger partial charge in [-0.3, -0.25) is 4.79 Å². The molecule has 1 aromatic carbocycles. The lowest BCUT2D eigenvalue weighted by molar-refractivity contribution is -0.146. The highest BCUT2D eigenvalue weighted by molar-refractivity contribution is 5.94. The molecule has 5 nitrogen and oxygen atoms in total. The number of rotatable bonds is 5. The molecule has 0 bridgehead atoms. The Morgan fingerprint density at radius 2 is 2.10 bits per heavy atom. The highest BCUT2D eigenvalue weighted by Crippen LogP contribution is 2.18. The Hall–Kier alpha value is -2.37. The van der Waals surface area contributed by atoms with Crippen LogP contribution in [-0.2, 0) is 9.59 Å². The van der Waals surface area contributed by atoms with Gasteiger partial charge in [0.1, 0.15) is 6.04 Å². The molecule has 1 unspecified atom stereocenters. The molecule has 1 atom stereocenters. The molecule has 6 heteroatoms. The maximum absolute atomic E-state index is 13.4. The number of amides is 1. The third-order valence-corrected chi connectivity index (χ3v) is 2.88. The average molecular weight is 281 g/mol. The molecule has 0 radical (unpaired) electrons. The van der Waals surface area contributed by atoms with Gasteiger partial charge in [-0.05, 0) is 30.7 Å². The van der Waals surface area contributed by atoms with Gasteiger partial charge >= 0.3 is 5.97 Å². The number of methoxy groups -OCH3 is 1. The smallest absolute Gasteiger partial charge is 0.326 e. The maximum Gasteiger partial charge on any atom is 0.326 e. The minimum Gasteiger partial charge on any atom is -0.494 e. The third kappa shape index (κ3) is 3.81. The molecule has 0 fully saturated rings. The number of carbonyl (C=O) groups is 2. The number of hydrogen-bond acceptors (Lipinski definition) is 3. The van der Waals surface area contributed by atoms with E-state index in [9.17, 15) is 14.0 Å². The fourth-order valence-corrected chi connectivity index (χ4v) is 1.43. The SMILES string of the molecule is COc1ccc(C=CC(=O)N(C)C(C)C(=O)O)cc1F. The molecule has 0 aliphatic rings. The first kappa shape index (κ1) is 15.7. The molecule has 1 aromatic rings. The average Bonchev–Trinajstić information content (AvgIpc) is 2.43. The molecular formula is C14H16FNO4. The largest absolute Gasteiger partial charge is 0.494 e. The van der Waals surface area contributed by atoms with E-state index in [1.165, 1.54) is 45.4 Å². The van der Waals surface area contributed by atoms with Crippen LogP contribution in [0.2, 0.25) is 0 Å². The molecule has 0 aliphatic carbocycles. The van der Waals surface area contributed by atoms with Crippen molar-refractivity contribution in [1.82, 2.24) is 4.90 Å². The van der Waals surface area contributed by atoms with Crippen LogP contribution < -0.4 is 4.74 Å². The predicted molar refractivity (Wildman–Crippen MR) is 71.9 cm³/mol. The number of nitrogens with zero attached hydrogens (tertiary/aromatic N) is 1. The Kier molecular flexibility index (Phi) is 5.25. The number of carboxylic acid groups (broad SMARTS) is 1. The Bertz CT molecular complexity index is 542. The number of hydrogen-bond donors (Lipinski definition) is 1. The number of carbonyl (C=O) groups excluding carboxylic acids is 1. The molecule has 1 amide bonds. The van der Waals surface area contributed by atoms with Crippen LogP contribution in [0.15, 0.2) is 24.3 Å². The van der Waals surface area contributed by atoms with Gasteiger partial charge in [0, 0.05) is 13.1 Å². The molecule has 1 rings (SSSR count). The highest BCUT2D eigenvalue weighted by atomic mass is 19.1. The van der Waals surface area contributed by atoms with Crippen LogP contribution in [0.25, 0.3) is 6.08 Å². The monoisotopic (exact) mass is 281 g/mol. The zero-order valence-corrected chi connectivity index (χ0v) is 11.5. The molecule has 0 aliphatic heterocycles. The van der Waals surface area contributed by atoms with Gasteiger partial charge in [-0.15, -0.1) is 0 Å². The number of benzene rings is 1. The second kappa shape index (κ2) is 6.70. The molecule has 0 aromatic heterocycles. The molecular weight excluding hydrogens is 265 g/mol. The van der Waals surface area contributed by atoms with E-state index in [0.717, 1.165) is 4.90 Å². The summed E-state index contributed by atoms with van der Waals surface area (Å²) in [7, 11) is 2.75. The van der Waals surface area contributed by atoms with Crippen molar-refractivity contribution in [3.8, 4) is 5.75 Å². The van der Waals surface area contributed by atoms with Crippen LogP contribution in [0.1, 0.15) is 12.5 Å². The summed E-state index contributed by atoms with van der Waals surface area (Å²) >= 11 is 0. The van der Waals surface area contributed by atoms with E-state index in [0.29, 0.717) is 5.56 Å². The van der Waals surface area contributed by atoms with Crippen molar-refractivity contribution in [2.75, 3.05) is 14.2 Å². The van der Waals surface area contributed by atoms with Crippen LogP contribution in [0, 0.1) is 5.82 Å². The second-order valence-electron chi connectivity index (χ2n) is 4.19. The van der Waals surface area contributed by atoms with Gasteiger partial charge in [-0.25, -0.2) is 9.18 Å². The number of likely N-dealkylation sites (N-methyl/N-ethyl adjacent to an activating group) is 1. The van der Waals surface area contributed by atoms with Gasteiger partial charge in [0.15, 0.2) is 11.6 Å². The summed E-state index contributed by atoms with van der Waals surface area (Å²) in [5, 5.41) is 8.80. The van der Waals surface area contributed by atoms with Crippen LogP contribution >= 0.6 is 0 Å². The summed E-state index contributed by atoms with van der Waals surface area (Å²) in [5.41, 5.74) is 0.480. The summed E-state index contributed by atoms with van der Waals surface area (Å²) in [6, 6.07) is 3.33. The van der Waals surface area contributed by atoms with Crippen molar-refractivity contribution in [3.05, 3.63) is 35.7 Å². The van der Waals surface area contributed by atoms with Crippen LogP contribution in [0.3, 0.4) is 0 Å². The second-order valence-corrected chi connectivity index (χ2v) is 4.19. The zero-order valence-electron chi connectivity index (χ0n) is 11.5. The minimum atomic E-state index is -1.09. The standard InChI is InChI=1S/C14H16FNO4/c1-9(14(18)19)16(2)13(17)7-5-10-4-6-12(20-3)11(15)8-10/h4-9H,1-3H3,(H,18,19). The van der Waals surface area contributed by atoms with Crippen LogP contribution in [0.5, 0.6) is 5.75 Å². The Balaban J connectivity index is 2.80. The molecule has 0 spiro atoms. The normalized spacial score (nSPS) is 12.2. The minimum absolute atomic E-state index is 0.116. The van der Waals surface area contributed by atoms with Gasteiger partial charge in [0.25, 0.3) is 0 Å². The summed E-state index contributed by atoms with van der Waals surface area (Å²) in [6.45, 7) is 1.40. The fraction of sp³-hybridized carbons (Fsp3) is 0.286. The molecule has 20 heavy (non-hydrogen) atoms. The summed E-state index contributed by atoms with van der Waals surface area (Å²) in [5.74, 6) is -1.99. The number of halogens is 1. The molecule has 1 N–H and O–H groups in total. The molecule has 0 saturated heterocycles.